The standard InChI is InChI=1S/C17H12BrClF3NO2/c1-25-15-6-2-10(8-12(15)18)3-7-16(24)23-14-9-11(17(20,21)22)4-5-13(14)19/h2-9H,1H3,(H,23,24)/b7-3+. The Labute approximate surface area is 155 Å². The molecule has 0 aliphatic rings. The Hall–Kier alpha value is -1.99. The van der Waals surface area contributed by atoms with E-state index in [4.69, 9.17) is 16.3 Å². The first-order valence-electron chi connectivity index (χ1n) is 6.90. The predicted molar refractivity (Wildman–Crippen MR) is 94.8 cm³/mol. The van der Waals surface area contributed by atoms with E-state index in [1.165, 1.54) is 19.3 Å². The van der Waals surface area contributed by atoms with Crippen LogP contribution in [0.4, 0.5) is 18.9 Å². The van der Waals surface area contributed by atoms with E-state index in [0.717, 1.165) is 18.2 Å². The molecule has 25 heavy (non-hydrogen) atoms. The number of carbonyl (C=O) groups is 1. The largest absolute Gasteiger partial charge is 0.496 e. The third kappa shape index (κ3) is 5.24. The number of carbonyl (C=O) groups excluding carboxylic acids is 1. The van der Waals surface area contributed by atoms with E-state index in [0.29, 0.717) is 15.8 Å². The van der Waals surface area contributed by atoms with Crippen LogP contribution in [0.25, 0.3) is 6.08 Å². The second-order valence-corrected chi connectivity index (χ2v) is 6.17. The molecule has 0 unspecified atom stereocenters. The molecular weight excluding hydrogens is 423 g/mol. The van der Waals surface area contributed by atoms with Crippen LogP contribution in [0.5, 0.6) is 5.75 Å². The number of benzene rings is 2. The van der Waals surface area contributed by atoms with Gasteiger partial charge in [0.25, 0.3) is 0 Å². The topological polar surface area (TPSA) is 38.3 Å². The van der Waals surface area contributed by atoms with Crippen LogP contribution in [0.15, 0.2) is 46.9 Å². The summed E-state index contributed by atoms with van der Waals surface area (Å²) in [5.41, 5.74) is -0.296. The Balaban J connectivity index is 2.13. The molecule has 132 valence electrons. The molecule has 0 radical (unpaired) electrons. The normalized spacial score (nSPS) is 11.6. The summed E-state index contributed by atoms with van der Waals surface area (Å²) in [6, 6.07) is 7.90. The van der Waals surface area contributed by atoms with E-state index in [1.807, 2.05) is 0 Å². The molecule has 0 spiro atoms. The van der Waals surface area contributed by atoms with Crippen molar-refractivity contribution in [2.75, 3.05) is 12.4 Å². The van der Waals surface area contributed by atoms with Gasteiger partial charge >= 0.3 is 6.18 Å². The summed E-state index contributed by atoms with van der Waals surface area (Å²) in [4.78, 5) is 11.9. The average Bonchev–Trinajstić information content (AvgIpc) is 2.54. The van der Waals surface area contributed by atoms with Gasteiger partial charge in [0.2, 0.25) is 5.91 Å². The van der Waals surface area contributed by atoms with Gasteiger partial charge in [0.15, 0.2) is 0 Å². The highest BCUT2D eigenvalue weighted by atomic mass is 79.9. The van der Waals surface area contributed by atoms with Gasteiger partial charge in [-0.15, -0.1) is 0 Å². The zero-order valence-electron chi connectivity index (χ0n) is 12.8. The fourth-order valence-electron chi connectivity index (χ4n) is 1.93. The van der Waals surface area contributed by atoms with Crippen LogP contribution >= 0.6 is 27.5 Å². The highest BCUT2D eigenvalue weighted by molar-refractivity contribution is 9.10. The molecule has 2 aromatic rings. The number of anilines is 1. The molecule has 8 heteroatoms. The lowest BCUT2D eigenvalue weighted by atomic mass is 10.2. The molecule has 3 nitrogen and oxygen atoms in total. The summed E-state index contributed by atoms with van der Waals surface area (Å²) < 4.78 is 44.0. The van der Waals surface area contributed by atoms with Crippen LogP contribution in [0.3, 0.4) is 0 Å². The van der Waals surface area contributed by atoms with Gasteiger partial charge in [0, 0.05) is 6.08 Å². The molecule has 1 N–H and O–H groups in total. The Morgan fingerprint density at radius 2 is 1.96 bits per heavy atom. The predicted octanol–water partition coefficient (Wildman–Crippen LogP) is 5.78. The van der Waals surface area contributed by atoms with E-state index < -0.39 is 17.6 Å². The van der Waals surface area contributed by atoms with Crippen molar-refractivity contribution in [1.29, 1.82) is 0 Å². The summed E-state index contributed by atoms with van der Waals surface area (Å²) in [7, 11) is 1.53. The van der Waals surface area contributed by atoms with Gasteiger partial charge in [-0.1, -0.05) is 17.7 Å². The van der Waals surface area contributed by atoms with Crippen LogP contribution in [0.2, 0.25) is 5.02 Å². The summed E-state index contributed by atoms with van der Waals surface area (Å²) in [6.07, 6.45) is -1.80. The van der Waals surface area contributed by atoms with Gasteiger partial charge in [-0.2, -0.15) is 13.2 Å². The first-order valence-corrected chi connectivity index (χ1v) is 8.07. The van der Waals surface area contributed by atoms with Crippen molar-refractivity contribution in [3.8, 4) is 5.75 Å². The summed E-state index contributed by atoms with van der Waals surface area (Å²) in [6.45, 7) is 0. The fraction of sp³-hybridized carbons (Fsp3) is 0.118. The molecule has 0 saturated heterocycles. The van der Waals surface area contributed by atoms with Crippen LogP contribution in [-0.2, 0) is 11.0 Å². The fourth-order valence-corrected chi connectivity index (χ4v) is 2.65. The van der Waals surface area contributed by atoms with Crippen LogP contribution in [-0.4, -0.2) is 13.0 Å². The summed E-state index contributed by atoms with van der Waals surface area (Å²) in [5, 5.41) is 2.35. The average molecular weight is 435 g/mol. The van der Waals surface area contributed by atoms with Gasteiger partial charge in [-0.3, -0.25) is 4.79 Å². The maximum absolute atomic E-state index is 12.7. The third-order valence-corrected chi connectivity index (χ3v) is 4.10. The van der Waals surface area contributed by atoms with Crippen molar-refractivity contribution >= 4 is 45.2 Å². The quantitative estimate of drug-likeness (QED) is 0.619. The highest BCUT2D eigenvalue weighted by Gasteiger charge is 2.31. The number of alkyl halides is 3. The van der Waals surface area contributed by atoms with Crippen molar-refractivity contribution in [3.05, 3.63) is 63.1 Å². The molecule has 0 fully saturated rings. The third-order valence-electron chi connectivity index (χ3n) is 3.15. The number of ether oxygens (including phenoxy) is 1. The molecular formula is C17H12BrClF3NO2. The van der Waals surface area contributed by atoms with Gasteiger partial charge in [0.1, 0.15) is 5.75 Å². The molecule has 0 aromatic heterocycles. The Kier molecular flexibility index (Phi) is 6.13. The number of nitrogens with one attached hydrogen (secondary N) is 1. The highest BCUT2D eigenvalue weighted by Crippen LogP contribution is 2.33. The number of hydrogen-bond acceptors (Lipinski definition) is 2. The molecule has 2 aromatic carbocycles. The SMILES string of the molecule is COc1ccc(/C=C/C(=O)Nc2cc(C(F)(F)F)ccc2Cl)cc1Br. The minimum absolute atomic E-state index is 0.0157. The molecule has 2 rings (SSSR count). The number of amides is 1. The zero-order chi connectivity index (χ0) is 18.6. The Bertz CT molecular complexity index is 822. The lowest BCUT2D eigenvalue weighted by molar-refractivity contribution is -0.137. The first kappa shape index (κ1) is 19.3. The van der Waals surface area contributed by atoms with Crippen molar-refractivity contribution in [2.24, 2.45) is 0 Å². The van der Waals surface area contributed by atoms with Crippen molar-refractivity contribution in [2.45, 2.75) is 6.18 Å². The number of methoxy groups -OCH3 is 1. The number of halogens is 5. The smallest absolute Gasteiger partial charge is 0.416 e. The zero-order valence-corrected chi connectivity index (χ0v) is 15.2. The second kappa shape index (κ2) is 7.93. The van der Waals surface area contributed by atoms with Gasteiger partial charge in [-0.05, 0) is 57.9 Å². The maximum atomic E-state index is 12.7. The molecule has 0 bridgehead atoms. The van der Waals surface area contributed by atoms with Crippen LogP contribution in [0.1, 0.15) is 11.1 Å². The van der Waals surface area contributed by atoms with Crippen LogP contribution < -0.4 is 10.1 Å². The van der Waals surface area contributed by atoms with Crippen molar-refractivity contribution < 1.29 is 22.7 Å². The second-order valence-electron chi connectivity index (χ2n) is 4.91. The van der Waals surface area contributed by atoms with Crippen LogP contribution in [0, 0.1) is 0 Å². The van der Waals surface area contributed by atoms with E-state index in [-0.39, 0.29) is 10.7 Å². The van der Waals surface area contributed by atoms with Crippen molar-refractivity contribution in [1.82, 2.24) is 0 Å². The monoisotopic (exact) mass is 433 g/mol. The maximum Gasteiger partial charge on any atom is 0.416 e. The van der Waals surface area contributed by atoms with Gasteiger partial charge in [-0.25, -0.2) is 0 Å². The lowest BCUT2D eigenvalue weighted by Gasteiger charge is -2.10. The molecule has 0 heterocycles. The molecule has 1 amide bonds. The van der Waals surface area contributed by atoms with Crippen molar-refractivity contribution in [3.63, 3.8) is 0 Å². The van der Waals surface area contributed by atoms with E-state index in [9.17, 15) is 18.0 Å². The van der Waals surface area contributed by atoms with E-state index in [1.54, 1.807) is 18.2 Å². The number of rotatable bonds is 4. The minimum Gasteiger partial charge on any atom is -0.496 e. The summed E-state index contributed by atoms with van der Waals surface area (Å²) in [5.74, 6) is 0.0329. The molecule has 0 aliphatic carbocycles. The molecule has 0 saturated carbocycles. The van der Waals surface area contributed by atoms with E-state index >= 15 is 0 Å². The molecule has 0 atom stereocenters. The minimum atomic E-state index is -4.52. The first-order chi connectivity index (χ1) is 11.7. The Morgan fingerprint density at radius 1 is 1.24 bits per heavy atom. The summed E-state index contributed by atoms with van der Waals surface area (Å²) >= 11 is 9.16. The lowest BCUT2D eigenvalue weighted by Crippen LogP contribution is -2.11. The Morgan fingerprint density at radius 3 is 2.56 bits per heavy atom. The number of hydrogen-bond donors (Lipinski definition) is 1. The van der Waals surface area contributed by atoms with E-state index in [2.05, 4.69) is 21.2 Å². The van der Waals surface area contributed by atoms with Gasteiger partial charge < -0.3 is 10.1 Å². The molecule has 0 aliphatic heterocycles. The van der Waals surface area contributed by atoms with Gasteiger partial charge in [0.05, 0.1) is 27.9 Å².